The number of amides is 1. The number of nitrogens with one attached hydrogen (secondary N) is 1. The van der Waals surface area contributed by atoms with Crippen molar-refractivity contribution in [3.05, 3.63) is 61.9 Å². The highest BCUT2D eigenvalue weighted by Crippen LogP contribution is 2.42. The second-order valence-corrected chi connectivity index (χ2v) is 8.90. The normalized spacial score (nSPS) is 20.4. The zero-order valence-electron chi connectivity index (χ0n) is 16.9. The second kappa shape index (κ2) is 8.88. The monoisotopic (exact) mass is 506 g/mol. The van der Waals surface area contributed by atoms with Crippen LogP contribution in [-0.2, 0) is 14.3 Å². The van der Waals surface area contributed by atoms with Crippen molar-refractivity contribution >= 4 is 45.0 Å². The van der Waals surface area contributed by atoms with Crippen LogP contribution in [0.4, 0.5) is 4.39 Å². The highest BCUT2D eigenvalue weighted by Gasteiger charge is 2.42. The third-order valence-electron chi connectivity index (χ3n) is 5.04. The highest BCUT2D eigenvalue weighted by molar-refractivity contribution is 9.10. The van der Waals surface area contributed by atoms with Crippen LogP contribution in [-0.4, -0.2) is 46.8 Å². The SMILES string of the molecule is CCOC(=O)C1=C2C[C@H](NC(C)=O)CN2C(c2nccs2)=N[C@H]1c1ccc(F)cc1Br. The van der Waals surface area contributed by atoms with E-state index in [1.54, 1.807) is 19.2 Å². The molecule has 2 atom stereocenters. The lowest BCUT2D eigenvalue weighted by molar-refractivity contribution is -0.139. The van der Waals surface area contributed by atoms with Crippen molar-refractivity contribution in [1.29, 1.82) is 0 Å². The molecule has 1 aromatic heterocycles. The number of halogens is 2. The smallest absolute Gasteiger partial charge is 0.338 e. The molecule has 0 aliphatic carbocycles. The highest BCUT2D eigenvalue weighted by atomic mass is 79.9. The Morgan fingerprint density at radius 3 is 2.87 bits per heavy atom. The molecule has 0 spiro atoms. The van der Waals surface area contributed by atoms with Gasteiger partial charge in [0.1, 0.15) is 11.9 Å². The van der Waals surface area contributed by atoms with E-state index in [2.05, 4.69) is 26.2 Å². The zero-order valence-corrected chi connectivity index (χ0v) is 19.3. The topological polar surface area (TPSA) is 83.9 Å². The Morgan fingerprint density at radius 2 is 2.23 bits per heavy atom. The first kappa shape index (κ1) is 21.6. The minimum atomic E-state index is -0.699. The molecule has 2 aromatic rings. The fourth-order valence-corrected chi connectivity index (χ4v) is 5.11. The molecular formula is C21H20BrFN4O3S. The van der Waals surface area contributed by atoms with Crippen LogP contribution in [0.1, 0.15) is 36.9 Å². The average Bonchev–Trinajstić information content (AvgIpc) is 3.36. The molecule has 10 heteroatoms. The molecular weight excluding hydrogens is 487 g/mol. The molecule has 1 aromatic carbocycles. The van der Waals surface area contributed by atoms with Crippen molar-refractivity contribution in [2.45, 2.75) is 32.4 Å². The summed E-state index contributed by atoms with van der Waals surface area (Å²) >= 11 is 4.85. The molecule has 31 heavy (non-hydrogen) atoms. The van der Waals surface area contributed by atoms with Crippen molar-refractivity contribution in [2.24, 2.45) is 4.99 Å². The largest absolute Gasteiger partial charge is 0.463 e. The number of benzene rings is 1. The summed E-state index contributed by atoms with van der Waals surface area (Å²) in [6.07, 6.45) is 2.14. The summed E-state index contributed by atoms with van der Waals surface area (Å²) in [4.78, 5) is 36.0. The van der Waals surface area contributed by atoms with Crippen LogP contribution in [0.5, 0.6) is 0 Å². The number of carbonyl (C=O) groups is 2. The van der Waals surface area contributed by atoms with Gasteiger partial charge in [-0.3, -0.25) is 9.79 Å². The lowest BCUT2D eigenvalue weighted by Gasteiger charge is -2.31. The third kappa shape index (κ3) is 4.27. The first-order valence-electron chi connectivity index (χ1n) is 9.76. The van der Waals surface area contributed by atoms with Crippen LogP contribution < -0.4 is 5.32 Å². The van der Waals surface area contributed by atoms with E-state index in [9.17, 15) is 14.0 Å². The van der Waals surface area contributed by atoms with Gasteiger partial charge in [0, 0.05) is 41.6 Å². The Balaban J connectivity index is 1.89. The first-order chi connectivity index (χ1) is 14.9. The third-order valence-corrected chi connectivity index (χ3v) is 6.50. The maximum Gasteiger partial charge on any atom is 0.338 e. The van der Waals surface area contributed by atoms with Crippen LogP contribution >= 0.6 is 27.3 Å². The summed E-state index contributed by atoms with van der Waals surface area (Å²) < 4.78 is 19.6. The van der Waals surface area contributed by atoms with Gasteiger partial charge < -0.3 is 15.0 Å². The fourth-order valence-electron chi connectivity index (χ4n) is 3.90. The maximum atomic E-state index is 13.8. The quantitative estimate of drug-likeness (QED) is 0.626. The van der Waals surface area contributed by atoms with Gasteiger partial charge in [0.05, 0.1) is 18.2 Å². The number of hydrogen-bond donors (Lipinski definition) is 1. The summed E-state index contributed by atoms with van der Waals surface area (Å²) in [5.41, 5.74) is 1.77. The summed E-state index contributed by atoms with van der Waals surface area (Å²) in [5, 5.41) is 5.49. The molecule has 162 valence electrons. The first-order valence-corrected chi connectivity index (χ1v) is 11.4. The average molecular weight is 507 g/mol. The Bertz CT molecular complexity index is 1090. The molecule has 0 saturated carbocycles. The Labute approximate surface area is 191 Å². The van der Waals surface area contributed by atoms with Crippen LogP contribution in [0, 0.1) is 5.82 Å². The van der Waals surface area contributed by atoms with Gasteiger partial charge in [-0.2, -0.15) is 0 Å². The minimum absolute atomic E-state index is 0.145. The molecule has 2 aliphatic heterocycles. The van der Waals surface area contributed by atoms with Crippen LogP contribution in [0.25, 0.3) is 0 Å². The van der Waals surface area contributed by atoms with E-state index >= 15 is 0 Å². The molecule has 0 radical (unpaired) electrons. The van der Waals surface area contributed by atoms with Gasteiger partial charge >= 0.3 is 5.97 Å². The van der Waals surface area contributed by atoms with Crippen molar-refractivity contribution < 1.29 is 18.7 Å². The molecule has 3 heterocycles. The predicted molar refractivity (Wildman–Crippen MR) is 118 cm³/mol. The molecule has 1 amide bonds. The van der Waals surface area contributed by atoms with Crippen LogP contribution in [0.15, 0.2) is 50.5 Å². The van der Waals surface area contributed by atoms with Crippen molar-refractivity contribution in [3.63, 3.8) is 0 Å². The molecule has 2 aliphatic rings. The maximum absolute atomic E-state index is 13.8. The molecule has 4 rings (SSSR count). The van der Waals surface area contributed by atoms with Gasteiger partial charge in [0.2, 0.25) is 5.91 Å². The molecule has 7 nitrogen and oxygen atoms in total. The van der Waals surface area contributed by atoms with E-state index in [0.717, 1.165) is 5.70 Å². The van der Waals surface area contributed by atoms with E-state index < -0.39 is 17.8 Å². The number of carbonyl (C=O) groups excluding carboxylic acids is 2. The number of nitrogens with zero attached hydrogens (tertiary/aromatic N) is 3. The van der Waals surface area contributed by atoms with Crippen LogP contribution in [0.2, 0.25) is 0 Å². The van der Waals surface area contributed by atoms with E-state index in [0.29, 0.717) is 39.4 Å². The molecule has 0 bridgehead atoms. The van der Waals surface area contributed by atoms with E-state index in [1.165, 1.54) is 30.4 Å². The van der Waals surface area contributed by atoms with Gasteiger partial charge in [-0.05, 0) is 24.6 Å². The summed E-state index contributed by atoms with van der Waals surface area (Å²) in [6.45, 7) is 3.89. The van der Waals surface area contributed by atoms with Gasteiger partial charge in [-0.15, -0.1) is 11.3 Å². The number of rotatable bonds is 5. The Kier molecular flexibility index (Phi) is 6.19. The minimum Gasteiger partial charge on any atom is -0.463 e. The Morgan fingerprint density at radius 1 is 1.42 bits per heavy atom. The fraction of sp³-hybridized carbons (Fsp3) is 0.333. The number of fused-ring (bicyclic) bond motifs is 1. The summed E-state index contributed by atoms with van der Waals surface area (Å²) in [5.74, 6) is -0.399. The summed E-state index contributed by atoms with van der Waals surface area (Å²) in [7, 11) is 0. The molecule has 1 fully saturated rings. The van der Waals surface area contributed by atoms with Crippen LogP contribution in [0.3, 0.4) is 0 Å². The van der Waals surface area contributed by atoms with Crippen molar-refractivity contribution in [3.8, 4) is 0 Å². The van der Waals surface area contributed by atoms with Gasteiger partial charge in [-0.1, -0.05) is 22.0 Å². The number of esters is 1. The van der Waals surface area contributed by atoms with Crippen molar-refractivity contribution in [2.75, 3.05) is 13.2 Å². The van der Waals surface area contributed by atoms with Crippen molar-refractivity contribution in [1.82, 2.24) is 15.2 Å². The van der Waals surface area contributed by atoms with E-state index in [1.807, 2.05) is 10.3 Å². The number of aliphatic imine (C=N–C) groups is 1. The zero-order chi connectivity index (χ0) is 22.1. The number of hydrogen-bond acceptors (Lipinski definition) is 7. The summed E-state index contributed by atoms with van der Waals surface area (Å²) in [6, 6.07) is 3.42. The number of aromatic nitrogens is 1. The Hall–Kier alpha value is -2.59. The van der Waals surface area contributed by atoms with E-state index in [4.69, 9.17) is 9.73 Å². The van der Waals surface area contributed by atoms with E-state index in [-0.39, 0.29) is 18.6 Å². The van der Waals surface area contributed by atoms with Gasteiger partial charge in [-0.25, -0.2) is 14.2 Å². The lowest BCUT2D eigenvalue weighted by atomic mass is 9.94. The molecule has 1 saturated heterocycles. The predicted octanol–water partition coefficient (Wildman–Crippen LogP) is 3.57. The van der Waals surface area contributed by atoms with Gasteiger partial charge in [0.25, 0.3) is 0 Å². The second-order valence-electron chi connectivity index (χ2n) is 7.15. The molecule has 1 N–H and O–H groups in total. The molecule has 0 unspecified atom stereocenters. The number of amidine groups is 1. The standard InChI is InChI=1S/C21H20BrFN4O3S/c1-3-30-21(29)17-16-9-13(25-11(2)28)10-27(16)19(20-24-6-7-31-20)26-18(17)14-5-4-12(23)8-15(14)22/h4-8,13,18H,3,9-10H2,1-2H3,(H,25,28)/t13-,18-/m0/s1. The van der Waals surface area contributed by atoms with Gasteiger partial charge in [0.15, 0.2) is 10.8 Å². The lowest BCUT2D eigenvalue weighted by Crippen LogP contribution is -2.39. The number of ether oxygens (including phenoxy) is 1. The number of thiazole rings is 1.